The maximum Gasteiger partial charge on any atom is 0.211 e. The molecular weight excluding hydrogens is 230 g/mol. The van der Waals surface area contributed by atoms with E-state index >= 15 is 0 Å². The molecule has 0 bridgehead atoms. The van der Waals surface area contributed by atoms with Gasteiger partial charge in [0.05, 0.1) is 11.9 Å². The summed E-state index contributed by atoms with van der Waals surface area (Å²) in [4.78, 5) is 5.14. The highest BCUT2D eigenvalue weighted by atomic mass is 16.6. The van der Waals surface area contributed by atoms with Gasteiger partial charge in [0.25, 0.3) is 0 Å². The van der Waals surface area contributed by atoms with E-state index in [0.29, 0.717) is 0 Å². The van der Waals surface area contributed by atoms with E-state index in [2.05, 4.69) is 27.5 Å². The van der Waals surface area contributed by atoms with Crippen LogP contribution in [0.4, 0.5) is 0 Å². The molecule has 1 aliphatic rings. The monoisotopic (exact) mass is 245 g/mol. The molecule has 0 saturated carbocycles. The molecule has 0 fully saturated rings. The number of hydrogen-bond acceptors (Lipinski definition) is 4. The summed E-state index contributed by atoms with van der Waals surface area (Å²) >= 11 is 0. The van der Waals surface area contributed by atoms with Gasteiger partial charge in [-0.1, -0.05) is 29.4 Å². The molecule has 1 aliphatic carbocycles. The maximum absolute atomic E-state index is 5.14. The van der Waals surface area contributed by atoms with Crippen molar-refractivity contribution in [2.45, 2.75) is 12.8 Å². The summed E-state index contributed by atoms with van der Waals surface area (Å²) in [5.41, 5.74) is 13.7. The van der Waals surface area contributed by atoms with Gasteiger partial charge < -0.3 is 16.3 Å². The van der Waals surface area contributed by atoms with Gasteiger partial charge in [-0.2, -0.15) is 5.10 Å². The molecule has 0 heterocycles. The molecule has 0 aliphatic heterocycles. The molecule has 0 radical (unpaired) electrons. The van der Waals surface area contributed by atoms with E-state index in [1.165, 1.54) is 17.3 Å². The molecule has 0 saturated heterocycles. The van der Waals surface area contributed by atoms with Gasteiger partial charge in [-0.15, -0.1) is 5.10 Å². The third kappa shape index (κ3) is 3.07. The van der Waals surface area contributed by atoms with E-state index in [9.17, 15) is 0 Å². The Bertz CT molecular complexity index is 503. The first kappa shape index (κ1) is 12.1. The van der Waals surface area contributed by atoms with Crippen LogP contribution in [-0.2, 0) is 11.3 Å². The number of guanidine groups is 1. The average molecular weight is 245 g/mol. The zero-order valence-corrected chi connectivity index (χ0v) is 9.91. The number of nitrogens with zero attached hydrogens (tertiary/aromatic N) is 3. The van der Waals surface area contributed by atoms with Crippen LogP contribution >= 0.6 is 0 Å². The minimum atomic E-state index is -0.0812. The van der Waals surface area contributed by atoms with Gasteiger partial charge in [0.2, 0.25) is 5.96 Å². The third-order valence-electron chi connectivity index (χ3n) is 2.54. The lowest BCUT2D eigenvalue weighted by Gasteiger charge is -1.99. The van der Waals surface area contributed by atoms with Gasteiger partial charge in [-0.05, 0) is 18.4 Å². The predicted octanol–water partition coefficient (Wildman–Crippen LogP) is 0.613. The average Bonchev–Trinajstić information content (AvgIpc) is 2.77. The fourth-order valence-electron chi connectivity index (χ4n) is 1.79. The van der Waals surface area contributed by atoms with Gasteiger partial charge >= 0.3 is 0 Å². The van der Waals surface area contributed by atoms with Crippen molar-refractivity contribution in [1.29, 1.82) is 0 Å². The standard InChI is InChI=1S/C12H15N5O/c13-12(14)16-15-7-8-18-17-11-6-5-9-3-1-2-4-10(9)11/h1-4,7H,5-6,8H2,(H4,13,14,16)/b15-7+,17-11+. The molecule has 6 nitrogen and oxygen atoms in total. The second-order valence-corrected chi connectivity index (χ2v) is 3.81. The molecule has 0 amide bonds. The number of fused-ring (bicyclic) bond motifs is 1. The Kier molecular flexibility index (Phi) is 3.90. The zero-order chi connectivity index (χ0) is 12.8. The van der Waals surface area contributed by atoms with Gasteiger partial charge in [0.1, 0.15) is 0 Å². The molecule has 4 N–H and O–H groups in total. The van der Waals surface area contributed by atoms with Crippen molar-refractivity contribution in [2.24, 2.45) is 26.8 Å². The molecule has 2 rings (SSSR count). The Labute approximate surface area is 105 Å². The lowest BCUT2D eigenvalue weighted by atomic mass is 10.1. The van der Waals surface area contributed by atoms with Crippen molar-refractivity contribution in [1.82, 2.24) is 0 Å². The highest BCUT2D eigenvalue weighted by Gasteiger charge is 2.16. The minimum Gasteiger partial charge on any atom is -0.390 e. The van der Waals surface area contributed by atoms with Crippen LogP contribution < -0.4 is 11.5 Å². The molecule has 0 unspecified atom stereocenters. The van der Waals surface area contributed by atoms with E-state index in [1.807, 2.05) is 12.1 Å². The van der Waals surface area contributed by atoms with Crippen LogP contribution in [0.1, 0.15) is 17.5 Å². The number of rotatable bonds is 4. The van der Waals surface area contributed by atoms with Crippen LogP contribution in [0.25, 0.3) is 0 Å². The summed E-state index contributed by atoms with van der Waals surface area (Å²) < 4.78 is 0. The van der Waals surface area contributed by atoms with Crippen LogP contribution in [0.15, 0.2) is 39.6 Å². The van der Waals surface area contributed by atoms with E-state index < -0.39 is 0 Å². The van der Waals surface area contributed by atoms with E-state index in [1.54, 1.807) is 0 Å². The number of oxime groups is 1. The molecule has 18 heavy (non-hydrogen) atoms. The fourth-order valence-corrected chi connectivity index (χ4v) is 1.79. The maximum atomic E-state index is 5.14. The SMILES string of the molecule is NC(N)=N/N=C/CO/N=C1\CCc2ccccc21. The number of aryl methyl sites for hydroxylation is 1. The Morgan fingerprint density at radius 3 is 2.94 bits per heavy atom. The summed E-state index contributed by atoms with van der Waals surface area (Å²) in [6.45, 7) is 0.239. The lowest BCUT2D eigenvalue weighted by Crippen LogP contribution is -2.21. The van der Waals surface area contributed by atoms with Crippen LogP contribution in [0, 0.1) is 0 Å². The number of benzene rings is 1. The lowest BCUT2D eigenvalue weighted by molar-refractivity contribution is 0.187. The topological polar surface area (TPSA) is 98.4 Å². The quantitative estimate of drug-likeness (QED) is 0.352. The van der Waals surface area contributed by atoms with Crippen LogP contribution in [0.2, 0.25) is 0 Å². The Balaban J connectivity index is 1.89. The molecule has 0 spiro atoms. The normalized spacial score (nSPS) is 15.9. The van der Waals surface area contributed by atoms with E-state index in [-0.39, 0.29) is 12.6 Å². The fraction of sp³-hybridized carbons (Fsp3) is 0.250. The van der Waals surface area contributed by atoms with Crippen molar-refractivity contribution in [2.75, 3.05) is 6.61 Å². The van der Waals surface area contributed by atoms with Gasteiger partial charge in [-0.25, -0.2) is 0 Å². The molecule has 1 aromatic carbocycles. The third-order valence-corrected chi connectivity index (χ3v) is 2.54. The Morgan fingerprint density at radius 1 is 1.28 bits per heavy atom. The van der Waals surface area contributed by atoms with E-state index in [4.69, 9.17) is 16.3 Å². The summed E-state index contributed by atoms with van der Waals surface area (Å²) in [5.74, 6) is -0.0812. The van der Waals surface area contributed by atoms with Gasteiger partial charge in [-0.3, -0.25) is 0 Å². The summed E-state index contributed by atoms with van der Waals surface area (Å²) in [6.07, 6.45) is 3.37. The molecule has 6 heteroatoms. The summed E-state index contributed by atoms with van der Waals surface area (Å²) in [6, 6.07) is 8.19. The second-order valence-electron chi connectivity index (χ2n) is 3.81. The first-order valence-corrected chi connectivity index (χ1v) is 5.65. The van der Waals surface area contributed by atoms with Crippen molar-refractivity contribution in [3.05, 3.63) is 35.4 Å². The minimum absolute atomic E-state index is 0.0812. The molecule has 0 atom stereocenters. The van der Waals surface area contributed by atoms with Crippen molar-refractivity contribution in [3.8, 4) is 0 Å². The van der Waals surface area contributed by atoms with Crippen LogP contribution in [0.3, 0.4) is 0 Å². The first-order chi connectivity index (χ1) is 8.77. The second kappa shape index (κ2) is 5.81. The highest BCUT2D eigenvalue weighted by Crippen LogP contribution is 2.21. The van der Waals surface area contributed by atoms with Gasteiger partial charge in [0, 0.05) is 5.56 Å². The van der Waals surface area contributed by atoms with Crippen LogP contribution in [0.5, 0.6) is 0 Å². The predicted molar refractivity (Wildman–Crippen MR) is 71.6 cm³/mol. The number of hydrogen-bond donors (Lipinski definition) is 2. The van der Waals surface area contributed by atoms with Crippen molar-refractivity contribution < 1.29 is 4.84 Å². The smallest absolute Gasteiger partial charge is 0.211 e. The van der Waals surface area contributed by atoms with Gasteiger partial charge in [0.15, 0.2) is 6.61 Å². The number of nitrogens with two attached hydrogens (primary N) is 2. The van der Waals surface area contributed by atoms with Crippen molar-refractivity contribution >= 4 is 17.9 Å². The zero-order valence-electron chi connectivity index (χ0n) is 9.91. The molecule has 0 aromatic heterocycles. The van der Waals surface area contributed by atoms with Crippen LogP contribution in [-0.4, -0.2) is 24.5 Å². The van der Waals surface area contributed by atoms with E-state index in [0.717, 1.165) is 18.6 Å². The molecular formula is C12H15N5O. The summed E-state index contributed by atoms with van der Waals surface area (Å²) in [5, 5.41) is 11.1. The first-order valence-electron chi connectivity index (χ1n) is 5.65. The Morgan fingerprint density at radius 2 is 2.11 bits per heavy atom. The Hall–Kier alpha value is -2.37. The largest absolute Gasteiger partial charge is 0.390 e. The molecule has 1 aromatic rings. The highest BCUT2D eigenvalue weighted by molar-refractivity contribution is 6.04. The molecule has 94 valence electrons. The van der Waals surface area contributed by atoms with Crippen molar-refractivity contribution in [3.63, 3.8) is 0 Å². The summed E-state index contributed by atoms with van der Waals surface area (Å²) in [7, 11) is 0.